The number of halogens is 1. The smallest absolute Gasteiger partial charge is 0.489 e. The lowest BCUT2D eigenvalue weighted by atomic mass is 10.1. The van der Waals surface area contributed by atoms with E-state index in [4.69, 9.17) is 25.6 Å². The first-order valence-corrected chi connectivity index (χ1v) is 13.3. The fourth-order valence-electron chi connectivity index (χ4n) is 3.63. The molecule has 0 spiro atoms. The minimum Gasteiger partial charge on any atom is -0.489 e. The van der Waals surface area contributed by atoms with Gasteiger partial charge in [0.05, 0.1) is 17.4 Å². The second-order valence-corrected chi connectivity index (χ2v) is 9.56. The van der Waals surface area contributed by atoms with Crippen LogP contribution in [0.1, 0.15) is 37.8 Å². The van der Waals surface area contributed by atoms with E-state index in [2.05, 4.69) is 39.4 Å². The van der Waals surface area contributed by atoms with Gasteiger partial charge in [-0.05, 0) is 87.2 Å². The molecule has 1 heterocycles. The van der Waals surface area contributed by atoms with Crippen LogP contribution in [0.3, 0.4) is 0 Å². The zero-order valence-corrected chi connectivity index (χ0v) is 21.8. The fourth-order valence-corrected chi connectivity index (χ4v) is 4.16. The predicted molar refractivity (Wildman–Crippen MR) is 140 cm³/mol. The van der Waals surface area contributed by atoms with Gasteiger partial charge in [-0.2, -0.15) is 0 Å². The molecule has 188 valence electrons. The maximum atomic E-state index is 10.5. The highest BCUT2D eigenvalue weighted by atomic mass is 35.5. The maximum absolute atomic E-state index is 10.5. The van der Waals surface area contributed by atoms with E-state index in [-0.39, 0.29) is 12.7 Å². The molecule has 0 saturated carbocycles. The molecular weight excluding hydrogens is 487 g/mol. The molecule has 9 heteroatoms. The first-order valence-electron chi connectivity index (χ1n) is 11.8. The lowest BCUT2D eigenvalue weighted by Gasteiger charge is -2.14. The number of hydrogen-bond acceptors (Lipinski definition) is 6. The summed E-state index contributed by atoms with van der Waals surface area (Å²) in [5.41, 5.74) is 4.32. The molecule has 7 nitrogen and oxygen atoms in total. The topological polar surface area (TPSA) is 93.0 Å². The van der Waals surface area contributed by atoms with Crippen molar-refractivity contribution in [1.82, 2.24) is 5.32 Å². The molecule has 0 aliphatic carbocycles. The normalized spacial score (nSPS) is 11.6. The molecular formula is C26H33ClN2O5P+. The van der Waals surface area contributed by atoms with Crippen molar-refractivity contribution in [3.8, 4) is 17.1 Å². The number of hydrogen-bond donors (Lipinski definition) is 3. The van der Waals surface area contributed by atoms with Gasteiger partial charge in [-0.3, -0.25) is 0 Å². The van der Waals surface area contributed by atoms with Crippen molar-refractivity contribution in [3.63, 3.8) is 0 Å². The quantitative estimate of drug-likeness (QED) is 0.154. The predicted octanol–water partition coefficient (Wildman–Crippen LogP) is 6.58. The second kappa shape index (κ2) is 14.2. The van der Waals surface area contributed by atoms with Gasteiger partial charge in [-0.15, -0.1) is 9.42 Å². The largest absolute Gasteiger partial charge is 0.694 e. The molecule has 0 aliphatic heterocycles. The first-order chi connectivity index (χ1) is 16.9. The van der Waals surface area contributed by atoms with Gasteiger partial charge in [0.25, 0.3) is 0 Å². The number of benzene rings is 2. The average molecular weight is 520 g/mol. The molecule has 3 N–H and O–H groups in total. The lowest BCUT2D eigenvalue weighted by molar-refractivity contribution is 0.242. The molecule has 1 atom stereocenters. The Hall–Kier alpha value is -2.41. The van der Waals surface area contributed by atoms with Gasteiger partial charge in [-0.25, -0.2) is 0 Å². The Labute approximate surface area is 212 Å². The second-order valence-electron chi connectivity index (χ2n) is 8.42. The van der Waals surface area contributed by atoms with Crippen LogP contribution in [-0.4, -0.2) is 30.7 Å². The van der Waals surface area contributed by atoms with Gasteiger partial charge < -0.3 is 19.8 Å². The number of aryl methyl sites for hydroxylation is 1. The molecule has 0 amide bonds. The molecule has 2 aromatic carbocycles. The summed E-state index contributed by atoms with van der Waals surface area (Å²) < 4.78 is 26.6. The molecule has 0 aliphatic rings. The summed E-state index contributed by atoms with van der Waals surface area (Å²) in [6, 6.07) is 16.1. The van der Waals surface area contributed by atoms with E-state index in [1.54, 1.807) is 6.26 Å². The standard InChI is InChI=1S/C26H32ClN2O5P/c1-19(2)34-26-11-9-20(17-23(26)27)6-3-13-29-24-10-8-21(16-22(24)25-7-4-14-32-25)18-28-12-5-15-33-35(30)31/h4,7-11,14,16-17,19,28-29H,3,5-6,12-13,15,18H2,1-2H3/p+1. The van der Waals surface area contributed by atoms with Gasteiger partial charge in [-0.1, -0.05) is 23.7 Å². The number of nitrogens with one attached hydrogen (secondary N) is 2. The minimum absolute atomic E-state index is 0.0907. The van der Waals surface area contributed by atoms with E-state index in [1.807, 2.05) is 38.1 Å². The molecule has 0 fully saturated rings. The summed E-state index contributed by atoms with van der Waals surface area (Å²) in [5, 5.41) is 7.51. The highest BCUT2D eigenvalue weighted by molar-refractivity contribution is 7.32. The van der Waals surface area contributed by atoms with E-state index < -0.39 is 8.25 Å². The Kier molecular flexibility index (Phi) is 11.0. The monoisotopic (exact) mass is 519 g/mol. The molecule has 35 heavy (non-hydrogen) atoms. The molecule has 0 radical (unpaired) electrons. The summed E-state index contributed by atoms with van der Waals surface area (Å²) in [6.45, 7) is 6.39. The Morgan fingerprint density at radius 3 is 2.63 bits per heavy atom. The molecule has 3 rings (SSSR count). The minimum atomic E-state index is -2.53. The van der Waals surface area contributed by atoms with Crippen LogP contribution in [0.4, 0.5) is 5.69 Å². The van der Waals surface area contributed by atoms with Crippen LogP contribution in [0, 0.1) is 0 Å². The van der Waals surface area contributed by atoms with Crippen LogP contribution in [0.15, 0.2) is 59.2 Å². The van der Waals surface area contributed by atoms with E-state index in [9.17, 15) is 4.57 Å². The number of ether oxygens (including phenoxy) is 1. The Morgan fingerprint density at radius 2 is 1.91 bits per heavy atom. The number of rotatable bonds is 15. The molecule has 3 aromatic rings. The summed E-state index contributed by atoms with van der Waals surface area (Å²) in [6.07, 6.45) is 4.27. The van der Waals surface area contributed by atoms with E-state index >= 15 is 0 Å². The summed E-state index contributed by atoms with van der Waals surface area (Å²) >= 11 is 6.36. The third kappa shape index (κ3) is 9.28. The third-order valence-electron chi connectivity index (χ3n) is 5.22. The molecule has 1 unspecified atom stereocenters. The van der Waals surface area contributed by atoms with E-state index in [0.29, 0.717) is 24.5 Å². The summed E-state index contributed by atoms with van der Waals surface area (Å²) in [7, 11) is -2.53. The SMILES string of the molecule is CC(C)Oc1ccc(CCCNc2ccc(CNCCCO[P+](=O)O)cc2-c2ccco2)cc1Cl. The van der Waals surface area contributed by atoms with Crippen LogP contribution >= 0.6 is 19.9 Å². The fraction of sp³-hybridized carbons (Fsp3) is 0.385. The zero-order valence-electron chi connectivity index (χ0n) is 20.1. The first kappa shape index (κ1) is 27.2. The van der Waals surface area contributed by atoms with Crippen molar-refractivity contribution in [2.75, 3.05) is 25.0 Å². The molecule has 0 bridgehead atoms. The van der Waals surface area contributed by atoms with Gasteiger partial charge in [0.1, 0.15) is 18.1 Å². The van der Waals surface area contributed by atoms with Crippen molar-refractivity contribution in [1.29, 1.82) is 0 Å². The zero-order chi connectivity index (χ0) is 25.0. The Bertz CT molecular complexity index is 1080. The lowest BCUT2D eigenvalue weighted by Crippen LogP contribution is -2.16. The van der Waals surface area contributed by atoms with Crippen molar-refractivity contribution >= 4 is 25.5 Å². The highest BCUT2D eigenvalue weighted by Gasteiger charge is 2.11. The van der Waals surface area contributed by atoms with Gasteiger partial charge in [0.2, 0.25) is 0 Å². The summed E-state index contributed by atoms with van der Waals surface area (Å²) in [5.74, 6) is 1.53. The molecule has 0 saturated heterocycles. The van der Waals surface area contributed by atoms with Gasteiger partial charge in [0, 0.05) is 28.9 Å². The van der Waals surface area contributed by atoms with E-state index in [0.717, 1.165) is 47.7 Å². The number of anilines is 1. The van der Waals surface area contributed by atoms with Crippen molar-refractivity contribution in [2.45, 2.75) is 45.8 Å². The Morgan fingerprint density at radius 1 is 1.09 bits per heavy atom. The van der Waals surface area contributed by atoms with Crippen LogP contribution in [-0.2, 0) is 22.1 Å². The number of furan rings is 1. The van der Waals surface area contributed by atoms with E-state index in [1.165, 1.54) is 5.56 Å². The van der Waals surface area contributed by atoms with Gasteiger partial charge >= 0.3 is 8.25 Å². The van der Waals surface area contributed by atoms with Crippen molar-refractivity contribution < 1.29 is 23.1 Å². The van der Waals surface area contributed by atoms with Crippen LogP contribution in [0.25, 0.3) is 11.3 Å². The Balaban J connectivity index is 1.53. The van der Waals surface area contributed by atoms with Crippen molar-refractivity contribution in [2.24, 2.45) is 0 Å². The van der Waals surface area contributed by atoms with Gasteiger partial charge in [0.15, 0.2) is 0 Å². The van der Waals surface area contributed by atoms with Crippen molar-refractivity contribution in [3.05, 3.63) is 70.9 Å². The van der Waals surface area contributed by atoms with Crippen LogP contribution < -0.4 is 15.4 Å². The maximum Gasteiger partial charge on any atom is 0.694 e. The van der Waals surface area contributed by atoms with Crippen LogP contribution in [0.2, 0.25) is 5.02 Å². The highest BCUT2D eigenvalue weighted by Crippen LogP contribution is 2.30. The average Bonchev–Trinajstić information content (AvgIpc) is 3.35. The van der Waals surface area contributed by atoms with Crippen LogP contribution in [0.5, 0.6) is 5.75 Å². The molecule has 1 aromatic heterocycles. The summed E-state index contributed by atoms with van der Waals surface area (Å²) in [4.78, 5) is 8.66. The third-order valence-corrected chi connectivity index (χ3v) is 5.91.